The Balaban J connectivity index is 1.89. The summed E-state index contributed by atoms with van der Waals surface area (Å²) in [6, 6.07) is 9.30. The number of benzene rings is 1. The minimum absolute atomic E-state index is 0.101. The van der Waals surface area contributed by atoms with Gasteiger partial charge in [-0.05, 0) is 36.5 Å². The van der Waals surface area contributed by atoms with Gasteiger partial charge in [0, 0.05) is 13.2 Å². The van der Waals surface area contributed by atoms with E-state index in [4.69, 9.17) is 14.7 Å². The fourth-order valence-corrected chi connectivity index (χ4v) is 2.14. The Bertz CT molecular complexity index is 435. The van der Waals surface area contributed by atoms with Crippen LogP contribution in [0.3, 0.4) is 0 Å². The Morgan fingerprint density at radius 1 is 1.42 bits per heavy atom. The number of hydrogen-bond donors (Lipinski definition) is 1. The molecule has 1 unspecified atom stereocenters. The number of ether oxygens (including phenoxy) is 2. The van der Waals surface area contributed by atoms with Crippen molar-refractivity contribution in [1.82, 2.24) is 0 Å². The van der Waals surface area contributed by atoms with E-state index in [1.54, 1.807) is 6.07 Å². The zero-order chi connectivity index (χ0) is 13.5. The van der Waals surface area contributed by atoms with E-state index in [0.717, 1.165) is 37.4 Å². The van der Waals surface area contributed by atoms with Crippen LogP contribution in [0.5, 0.6) is 5.75 Å². The Kier molecular flexibility index (Phi) is 5.20. The summed E-state index contributed by atoms with van der Waals surface area (Å²) < 4.78 is 11.1. The molecule has 0 spiro atoms. The van der Waals surface area contributed by atoms with E-state index in [1.807, 2.05) is 24.3 Å². The van der Waals surface area contributed by atoms with E-state index in [9.17, 15) is 5.11 Å². The van der Waals surface area contributed by atoms with Gasteiger partial charge in [0.1, 0.15) is 5.75 Å². The normalized spacial score (nSPS) is 17.7. The molecule has 1 fully saturated rings. The minimum Gasteiger partial charge on any atom is -0.493 e. The number of nitriles is 1. The summed E-state index contributed by atoms with van der Waals surface area (Å²) in [5.41, 5.74) is 0.728. The maximum absolute atomic E-state index is 9.77. The lowest BCUT2D eigenvalue weighted by atomic mass is 10.0. The molecular formula is C15H19NO3. The Morgan fingerprint density at radius 3 is 2.95 bits per heavy atom. The Hall–Kier alpha value is -1.57. The van der Waals surface area contributed by atoms with Crippen LogP contribution in [0.25, 0.3) is 0 Å². The highest BCUT2D eigenvalue weighted by atomic mass is 16.5. The zero-order valence-electron chi connectivity index (χ0n) is 10.9. The molecule has 2 rings (SSSR count). The van der Waals surface area contributed by atoms with Gasteiger partial charge in [0.25, 0.3) is 0 Å². The third-order valence-electron chi connectivity index (χ3n) is 3.35. The van der Waals surface area contributed by atoms with Crippen molar-refractivity contribution in [3.8, 4) is 11.8 Å². The number of aliphatic hydroxyl groups is 1. The molecule has 0 bridgehead atoms. The summed E-state index contributed by atoms with van der Waals surface area (Å²) in [5, 5.41) is 18.4. The summed E-state index contributed by atoms with van der Waals surface area (Å²) >= 11 is 0. The molecule has 19 heavy (non-hydrogen) atoms. The highest BCUT2D eigenvalue weighted by Crippen LogP contribution is 2.23. The van der Waals surface area contributed by atoms with E-state index in [1.165, 1.54) is 0 Å². The second-order valence-electron chi connectivity index (χ2n) is 4.82. The predicted octanol–water partition coefficient (Wildman–Crippen LogP) is 2.44. The molecule has 0 saturated carbocycles. The summed E-state index contributed by atoms with van der Waals surface area (Å²) in [5.74, 6) is 1.29. The number of rotatable bonds is 5. The molecule has 1 N–H and O–H groups in total. The fraction of sp³-hybridized carbons (Fsp3) is 0.533. The standard InChI is InChI=1S/C15H19NO3/c16-7-4-15(17)13-2-1-3-14(10-13)19-11-12-5-8-18-9-6-12/h1-3,10,12,15,17H,4-6,8-9,11H2. The van der Waals surface area contributed by atoms with Crippen molar-refractivity contribution in [1.29, 1.82) is 5.26 Å². The Labute approximate surface area is 113 Å². The Morgan fingerprint density at radius 2 is 2.21 bits per heavy atom. The van der Waals surface area contributed by atoms with Crippen LogP contribution in [-0.4, -0.2) is 24.9 Å². The first-order valence-electron chi connectivity index (χ1n) is 6.65. The van der Waals surface area contributed by atoms with Gasteiger partial charge in [-0.1, -0.05) is 12.1 Å². The molecule has 1 aromatic rings. The van der Waals surface area contributed by atoms with Crippen LogP contribution in [-0.2, 0) is 4.74 Å². The molecule has 1 saturated heterocycles. The number of hydrogen-bond acceptors (Lipinski definition) is 4. The van der Waals surface area contributed by atoms with E-state index in [-0.39, 0.29) is 6.42 Å². The molecule has 0 aromatic heterocycles. The van der Waals surface area contributed by atoms with Crippen LogP contribution in [0.4, 0.5) is 0 Å². The quantitative estimate of drug-likeness (QED) is 0.884. The molecule has 4 heteroatoms. The molecule has 0 radical (unpaired) electrons. The summed E-state index contributed by atoms with van der Waals surface area (Å²) in [6.45, 7) is 2.31. The average molecular weight is 261 g/mol. The van der Waals surface area contributed by atoms with Crippen molar-refractivity contribution in [3.63, 3.8) is 0 Å². The van der Waals surface area contributed by atoms with E-state index in [2.05, 4.69) is 0 Å². The molecule has 0 amide bonds. The van der Waals surface area contributed by atoms with Crippen LogP contribution in [0.1, 0.15) is 30.9 Å². The fourth-order valence-electron chi connectivity index (χ4n) is 2.14. The third-order valence-corrected chi connectivity index (χ3v) is 3.35. The van der Waals surface area contributed by atoms with Crippen LogP contribution < -0.4 is 4.74 Å². The molecule has 1 aliphatic heterocycles. The van der Waals surface area contributed by atoms with Gasteiger partial charge < -0.3 is 14.6 Å². The second kappa shape index (κ2) is 7.13. The van der Waals surface area contributed by atoms with Crippen LogP contribution in [0.15, 0.2) is 24.3 Å². The molecule has 4 nitrogen and oxygen atoms in total. The lowest BCUT2D eigenvalue weighted by Crippen LogP contribution is -2.21. The van der Waals surface area contributed by atoms with Gasteiger partial charge in [-0.3, -0.25) is 0 Å². The van der Waals surface area contributed by atoms with Gasteiger partial charge in [-0.2, -0.15) is 5.26 Å². The van der Waals surface area contributed by atoms with Crippen molar-refractivity contribution in [2.45, 2.75) is 25.4 Å². The average Bonchev–Trinajstić information content (AvgIpc) is 2.47. The van der Waals surface area contributed by atoms with Crippen LogP contribution in [0.2, 0.25) is 0 Å². The summed E-state index contributed by atoms with van der Waals surface area (Å²) in [7, 11) is 0. The van der Waals surface area contributed by atoms with Crippen LogP contribution >= 0.6 is 0 Å². The minimum atomic E-state index is -0.739. The molecule has 1 aliphatic rings. The van der Waals surface area contributed by atoms with Crippen molar-refractivity contribution in [2.75, 3.05) is 19.8 Å². The van der Waals surface area contributed by atoms with Crippen LogP contribution in [0, 0.1) is 17.2 Å². The largest absolute Gasteiger partial charge is 0.493 e. The highest BCUT2D eigenvalue weighted by molar-refractivity contribution is 5.30. The number of aliphatic hydroxyl groups excluding tert-OH is 1. The lowest BCUT2D eigenvalue weighted by Gasteiger charge is -2.22. The molecule has 1 atom stereocenters. The first kappa shape index (κ1) is 13.9. The lowest BCUT2D eigenvalue weighted by molar-refractivity contribution is 0.0497. The van der Waals surface area contributed by atoms with Gasteiger partial charge >= 0.3 is 0 Å². The molecule has 1 aromatic carbocycles. The summed E-state index contributed by atoms with van der Waals surface area (Å²) in [6.07, 6.45) is 1.44. The predicted molar refractivity (Wildman–Crippen MR) is 70.7 cm³/mol. The van der Waals surface area contributed by atoms with E-state index >= 15 is 0 Å². The van der Waals surface area contributed by atoms with Gasteiger partial charge in [0.2, 0.25) is 0 Å². The molecule has 1 heterocycles. The molecular weight excluding hydrogens is 242 g/mol. The smallest absolute Gasteiger partial charge is 0.119 e. The topological polar surface area (TPSA) is 62.5 Å². The zero-order valence-corrected chi connectivity index (χ0v) is 10.9. The third kappa shape index (κ3) is 4.23. The van der Waals surface area contributed by atoms with Crippen molar-refractivity contribution >= 4 is 0 Å². The maximum Gasteiger partial charge on any atom is 0.119 e. The van der Waals surface area contributed by atoms with E-state index < -0.39 is 6.10 Å². The molecule has 0 aliphatic carbocycles. The monoisotopic (exact) mass is 261 g/mol. The van der Waals surface area contributed by atoms with E-state index in [0.29, 0.717) is 12.5 Å². The molecule has 102 valence electrons. The van der Waals surface area contributed by atoms with Gasteiger partial charge in [0.15, 0.2) is 0 Å². The maximum atomic E-state index is 9.77. The number of nitrogens with zero attached hydrogens (tertiary/aromatic N) is 1. The van der Waals surface area contributed by atoms with Crippen molar-refractivity contribution in [3.05, 3.63) is 29.8 Å². The van der Waals surface area contributed by atoms with Gasteiger partial charge in [-0.15, -0.1) is 0 Å². The van der Waals surface area contributed by atoms with Crippen molar-refractivity contribution < 1.29 is 14.6 Å². The van der Waals surface area contributed by atoms with Crippen molar-refractivity contribution in [2.24, 2.45) is 5.92 Å². The second-order valence-corrected chi connectivity index (χ2v) is 4.82. The first-order chi connectivity index (χ1) is 9.29. The first-order valence-corrected chi connectivity index (χ1v) is 6.65. The van der Waals surface area contributed by atoms with Gasteiger partial charge in [-0.25, -0.2) is 0 Å². The van der Waals surface area contributed by atoms with Gasteiger partial charge in [0.05, 0.1) is 25.2 Å². The summed E-state index contributed by atoms with van der Waals surface area (Å²) in [4.78, 5) is 0. The highest BCUT2D eigenvalue weighted by Gasteiger charge is 2.14. The SMILES string of the molecule is N#CCC(O)c1cccc(OCC2CCOCC2)c1.